The highest BCUT2D eigenvalue weighted by molar-refractivity contribution is 5.64. The van der Waals surface area contributed by atoms with E-state index in [1.807, 2.05) is 0 Å². The Labute approximate surface area is 65.0 Å². The minimum absolute atomic E-state index is 0.0191. The predicted molar refractivity (Wildman–Crippen MR) is 40.9 cm³/mol. The van der Waals surface area contributed by atoms with Crippen LogP contribution in [0.3, 0.4) is 0 Å². The molecule has 0 fully saturated rings. The summed E-state index contributed by atoms with van der Waals surface area (Å²) >= 11 is 0. The zero-order chi connectivity index (χ0) is 8.85. The third-order valence-electron chi connectivity index (χ3n) is 1.08. The number of carbonyl (C=O) groups is 1. The molecule has 0 aliphatic heterocycles. The number of hydrogen-bond acceptors (Lipinski definition) is 3. The SMILES string of the molecule is C=C(CO)C(=C)COC(N)=O. The Morgan fingerprint density at radius 3 is 2.36 bits per heavy atom. The number of aliphatic hydroxyl groups excluding tert-OH is 1. The molecule has 0 saturated carbocycles. The maximum atomic E-state index is 10.1. The fourth-order valence-electron chi connectivity index (χ4n) is 0.372. The van der Waals surface area contributed by atoms with Crippen LogP contribution in [-0.4, -0.2) is 24.4 Å². The lowest BCUT2D eigenvalue weighted by molar-refractivity contribution is 0.166. The van der Waals surface area contributed by atoms with Crippen LogP contribution in [0.1, 0.15) is 0 Å². The molecule has 0 aliphatic carbocycles. The molecule has 3 N–H and O–H groups in total. The van der Waals surface area contributed by atoms with Crippen molar-refractivity contribution in [2.75, 3.05) is 13.2 Å². The summed E-state index contributed by atoms with van der Waals surface area (Å²) in [6, 6.07) is 0. The Balaban J connectivity index is 3.70. The summed E-state index contributed by atoms with van der Waals surface area (Å²) in [6.07, 6.45) is -0.864. The second kappa shape index (κ2) is 4.51. The molecule has 0 spiro atoms. The van der Waals surface area contributed by atoms with Crippen molar-refractivity contribution in [2.45, 2.75) is 0 Å². The summed E-state index contributed by atoms with van der Waals surface area (Å²) < 4.78 is 4.39. The molecule has 0 aromatic rings. The van der Waals surface area contributed by atoms with Crippen LogP contribution in [0.25, 0.3) is 0 Å². The van der Waals surface area contributed by atoms with Crippen LogP contribution in [0.5, 0.6) is 0 Å². The molecule has 0 bridgehead atoms. The van der Waals surface area contributed by atoms with Gasteiger partial charge in [0.2, 0.25) is 0 Å². The molecular formula is C7H11NO3. The summed E-state index contributed by atoms with van der Waals surface area (Å²) in [5.41, 5.74) is 5.59. The van der Waals surface area contributed by atoms with Crippen molar-refractivity contribution in [1.29, 1.82) is 0 Å². The van der Waals surface area contributed by atoms with E-state index in [2.05, 4.69) is 23.6 Å². The van der Waals surface area contributed by atoms with Gasteiger partial charge in [0.15, 0.2) is 0 Å². The van der Waals surface area contributed by atoms with Crippen molar-refractivity contribution >= 4 is 6.09 Å². The van der Waals surface area contributed by atoms with E-state index in [1.54, 1.807) is 0 Å². The van der Waals surface area contributed by atoms with Crippen molar-refractivity contribution in [3.05, 3.63) is 24.3 Å². The van der Waals surface area contributed by atoms with E-state index >= 15 is 0 Å². The molecule has 0 saturated heterocycles. The molecule has 0 heterocycles. The van der Waals surface area contributed by atoms with Crippen molar-refractivity contribution in [3.63, 3.8) is 0 Å². The summed E-state index contributed by atoms with van der Waals surface area (Å²) in [6.45, 7) is 6.76. The third kappa shape index (κ3) is 4.16. The highest BCUT2D eigenvalue weighted by atomic mass is 16.5. The Kier molecular flexibility index (Phi) is 3.98. The Bertz CT molecular complexity index is 186. The predicted octanol–water partition coefficient (Wildman–Crippen LogP) is 0.186. The first-order valence-electron chi connectivity index (χ1n) is 2.97. The third-order valence-corrected chi connectivity index (χ3v) is 1.08. The first-order chi connectivity index (χ1) is 5.07. The molecular weight excluding hydrogens is 146 g/mol. The number of ether oxygens (including phenoxy) is 1. The van der Waals surface area contributed by atoms with Crippen molar-refractivity contribution in [1.82, 2.24) is 0 Å². The minimum atomic E-state index is -0.864. The Morgan fingerprint density at radius 1 is 1.45 bits per heavy atom. The first-order valence-corrected chi connectivity index (χ1v) is 2.97. The Morgan fingerprint density at radius 2 is 2.00 bits per heavy atom. The molecule has 1 amide bonds. The summed E-state index contributed by atoms with van der Waals surface area (Å²) in [5.74, 6) is 0. The molecule has 0 atom stereocenters. The van der Waals surface area contributed by atoms with E-state index in [4.69, 9.17) is 5.11 Å². The van der Waals surface area contributed by atoms with Crippen molar-refractivity contribution < 1.29 is 14.6 Å². The second-order valence-corrected chi connectivity index (χ2v) is 1.97. The van der Waals surface area contributed by atoms with Crippen LogP contribution in [0, 0.1) is 0 Å². The van der Waals surface area contributed by atoms with Gasteiger partial charge < -0.3 is 15.6 Å². The van der Waals surface area contributed by atoms with Gasteiger partial charge in [0.05, 0.1) is 6.61 Å². The van der Waals surface area contributed by atoms with Gasteiger partial charge in [0.25, 0.3) is 0 Å². The molecule has 0 aromatic carbocycles. The van der Waals surface area contributed by atoms with E-state index in [1.165, 1.54) is 0 Å². The number of aliphatic hydroxyl groups is 1. The van der Waals surface area contributed by atoms with E-state index in [0.717, 1.165) is 0 Å². The lowest BCUT2D eigenvalue weighted by atomic mass is 10.1. The number of nitrogens with two attached hydrogens (primary N) is 1. The molecule has 0 aliphatic rings. The molecule has 0 unspecified atom stereocenters. The molecule has 0 aromatic heterocycles. The maximum absolute atomic E-state index is 10.1. The molecule has 11 heavy (non-hydrogen) atoms. The van der Waals surface area contributed by atoms with Gasteiger partial charge in [-0.25, -0.2) is 4.79 Å². The number of primary amides is 1. The number of amides is 1. The van der Waals surface area contributed by atoms with Gasteiger partial charge in [-0.2, -0.15) is 0 Å². The number of carbonyl (C=O) groups excluding carboxylic acids is 1. The van der Waals surface area contributed by atoms with E-state index in [-0.39, 0.29) is 13.2 Å². The lowest BCUT2D eigenvalue weighted by Crippen LogP contribution is -2.15. The second-order valence-electron chi connectivity index (χ2n) is 1.97. The quantitative estimate of drug-likeness (QED) is 0.572. The topological polar surface area (TPSA) is 72.6 Å². The first kappa shape index (κ1) is 9.71. The monoisotopic (exact) mass is 157 g/mol. The standard InChI is InChI=1S/C7H11NO3/c1-5(3-9)6(2)4-11-7(8)10/h9H,1-4H2,(H2,8,10). The minimum Gasteiger partial charge on any atom is -0.445 e. The average Bonchev–Trinajstić information content (AvgIpc) is 1.98. The highest BCUT2D eigenvalue weighted by Crippen LogP contribution is 2.03. The Hall–Kier alpha value is -1.29. The molecule has 4 heteroatoms. The van der Waals surface area contributed by atoms with E-state index in [9.17, 15) is 4.79 Å². The van der Waals surface area contributed by atoms with Gasteiger partial charge in [0, 0.05) is 0 Å². The van der Waals surface area contributed by atoms with Gasteiger partial charge in [0.1, 0.15) is 6.61 Å². The van der Waals surface area contributed by atoms with Crippen LogP contribution in [0.4, 0.5) is 4.79 Å². The normalized spacial score (nSPS) is 8.82. The molecule has 0 radical (unpaired) electrons. The fraction of sp³-hybridized carbons (Fsp3) is 0.286. The largest absolute Gasteiger partial charge is 0.445 e. The molecule has 62 valence electrons. The van der Waals surface area contributed by atoms with Gasteiger partial charge >= 0.3 is 6.09 Å². The zero-order valence-corrected chi connectivity index (χ0v) is 6.17. The van der Waals surface area contributed by atoms with Crippen LogP contribution in [-0.2, 0) is 4.74 Å². The van der Waals surface area contributed by atoms with Gasteiger partial charge in [-0.05, 0) is 11.1 Å². The van der Waals surface area contributed by atoms with E-state index in [0.29, 0.717) is 11.1 Å². The zero-order valence-electron chi connectivity index (χ0n) is 6.17. The summed E-state index contributed by atoms with van der Waals surface area (Å²) in [5, 5.41) is 8.54. The van der Waals surface area contributed by atoms with Crippen molar-refractivity contribution in [3.8, 4) is 0 Å². The maximum Gasteiger partial charge on any atom is 0.404 e. The average molecular weight is 157 g/mol. The van der Waals surface area contributed by atoms with E-state index < -0.39 is 6.09 Å². The van der Waals surface area contributed by atoms with Crippen LogP contribution < -0.4 is 5.73 Å². The summed E-state index contributed by atoms with van der Waals surface area (Å²) in [4.78, 5) is 10.1. The van der Waals surface area contributed by atoms with Crippen LogP contribution >= 0.6 is 0 Å². The lowest BCUT2D eigenvalue weighted by Gasteiger charge is -2.05. The fourth-order valence-corrected chi connectivity index (χ4v) is 0.372. The van der Waals surface area contributed by atoms with Gasteiger partial charge in [-0.3, -0.25) is 0 Å². The summed E-state index contributed by atoms with van der Waals surface area (Å²) in [7, 11) is 0. The van der Waals surface area contributed by atoms with Gasteiger partial charge in [-0.15, -0.1) is 0 Å². The molecule has 0 rings (SSSR count). The van der Waals surface area contributed by atoms with Crippen LogP contribution in [0.2, 0.25) is 0 Å². The van der Waals surface area contributed by atoms with Gasteiger partial charge in [-0.1, -0.05) is 13.2 Å². The number of hydrogen-bond donors (Lipinski definition) is 2. The molecule has 4 nitrogen and oxygen atoms in total. The number of rotatable bonds is 4. The van der Waals surface area contributed by atoms with Crippen molar-refractivity contribution in [2.24, 2.45) is 5.73 Å². The smallest absolute Gasteiger partial charge is 0.404 e. The van der Waals surface area contributed by atoms with Crippen LogP contribution in [0.15, 0.2) is 24.3 Å². The highest BCUT2D eigenvalue weighted by Gasteiger charge is 2.00.